The molecule has 3 heterocycles. The van der Waals surface area contributed by atoms with Gasteiger partial charge in [0.1, 0.15) is 5.75 Å². The molecule has 2 aliphatic rings. The molecule has 1 aromatic heterocycles. The topological polar surface area (TPSA) is 62.7 Å². The highest BCUT2D eigenvalue weighted by atomic mass is 16.5. The Hall–Kier alpha value is -2.40. The standard InChI is InChI=1S/C20H22N2O3/c23-13-14-3-6-22(7-4-14)20(24)18-10-17(11-21-12-18)15-1-2-19-16(9-15)5-8-25-19/h1-2,9-12,14,23H,3-8,13H2. The average Bonchev–Trinajstić information content (AvgIpc) is 3.15. The molecular formula is C20H22N2O3. The van der Waals surface area contributed by atoms with Crippen LogP contribution in [0.1, 0.15) is 28.8 Å². The number of amides is 1. The number of aliphatic hydroxyl groups is 1. The van der Waals surface area contributed by atoms with E-state index in [-0.39, 0.29) is 12.5 Å². The molecule has 2 aromatic rings. The number of aliphatic hydroxyl groups excluding tert-OH is 1. The minimum absolute atomic E-state index is 0.0234. The molecule has 4 rings (SSSR count). The Morgan fingerprint density at radius 3 is 2.84 bits per heavy atom. The lowest BCUT2D eigenvalue weighted by atomic mass is 9.97. The van der Waals surface area contributed by atoms with E-state index >= 15 is 0 Å². The van der Waals surface area contributed by atoms with Crippen molar-refractivity contribution in [2.45, 2.75) is 19.3 Å². The zero-order valence-electron chi connectivity index (χ0n) is 14.1. The Kier molecular flexibility index (Phi) is 4.40. The van der Waals surface area contributed by atoms with Crippen LogP contribution in [-0.4, -0.2) is 47.2 Å². The first-order valence-corrected chi connectivity index (χ1v) is 8.86. The van der Waals surface area contributed by atoms with Crippen molar-refractivity contribution < 1.29 is 14.6 Å². The highest BCUT2D eigenvalue weighted by Gasteiger charge is 2.23. The molecule has 5 heteroatoms. The molecule has 1 saturated heterocycles. The van der Waals surface area contributed by atoms with Crippen molar-refractivity contribution in [3.63, 3.8) is 0 Å². The Morgan fingerprint density at radius 1 is 1.20 bits per heavy atom. The molecule has 1 N–H and O–H groups in total. The Bertz CT molecular complexity index is 782. The second-order valence-electron chi connectivity index (χ2n) is 6.80. The summed E-state index contributed by atoms with van der Waals surface area (Å²) >= 11 is 0. The molecule has 1 aromatic carbocycles. The average molecular weight is 338 g/mol. The van der Waals surface area contributed by atoms with Crippen LogP contribution in [0.4, 0.5) is 0 Å². The largest absolute Gasteiger partial charge is 0.493 e. The molecule has 0 radical (unpaired) electrons. The minimum Gasteiger partial charge on any atom is -0.493 e. The fraction of sp³-hybridized carbons (Fsp3) is 0.400. The summed E-state index contributed by atoms with van der Waals surface area (Å²) in [6.07, 6.45) is 6.09. The van der Waals surface area contributed by atoms with E-state index in [1.54, 1.807) is 12.4 Å². The van der Waals surface area contributed by atoms with E-state index in [2.05, 4.69) is 11.1 Å². The van der Waals surface area contributed by atoms with Crippen molar-refractivity contribution in [1.82, 2.24) is 9.88 Å². The Balaban J connectivity index is 1.54. The fourth-order valence-corrected chi connectivity index (χ4v) is 3.58. The van der Waals surface area contributed by atoms with E-state index in [0.29, 0.717) is 24.6 Å². The molecule has 25 heavy (non-hydrogen) atoms. The number of carbonyl (C=O) groups excluding carboxylic acids is 1. The number of pyridine rings is 1. The summed E-state index contributed by atoms with van der Waals surface area (Å²) in [6, 6.07) is 8.05. The van der Waals surface area contributed by atoms with Gasteiger partial charge in [0.15, 0.2) is 0 Å². The number of hydrogen-bond donors (Lipinski definition) is 1. The molecule has 1 amide bonds. The van der Waals surface area contributed by atoms with Crippen molar-refractivity contribution >= 4 is 5.91 Å². The van der Waals surface area contributed by atoms with E-state index in [1.165, 1.54) is 5.56 Å². The molecule has 0 spiro atoms. The van der Waals surface area contributed by atoms with Gasteiger partial charge < -0.3 is 14.7 Å². The second kappa shape index (κ2) is 6.84. The van der Waals surface area contributed by atoms with Crippen LogP contribution in [0, 0.1) is 5.92 Å². The lowest BCUT2D eigenvalue weighted by Crippen LogP contribution is -2.39. The maximum Gasteiger partial charge on any atom is 0.255 e. The summed E-state index contributed by atoms with van der Waals surface area (Å²) < 4.78 is 5.55. The molecule has 0 unspecified atom stereocenters. The van der Waals surface area contributed by atoms with Crippen molar-refractivity contribution in [2.24, 2.45) is 5.92 Å². The van der Waals surface area contributed by atoms with E-state index in [1.807, 2.05) is 23.1 Å². The molecule has 0 atom stereocenters. The van der Waals surface area contributed by atoms with Gasteiger partial charge in [0.05, 0.1) is 12.2 Å². The maximum atomic E-state index is 12.8. The van der Waals surface area contributed by atoms with Gasteiger partial charge >= 0.3 is 0 Å². The zero-order chi connectivity index (χ0) is 17.2. The van der Waals surface area contributed by atoms with E-state index in [0.717, 1.165) is 42.7 Å². The van der Waals surface area contributed by atoms with Crippen LogP contribution < -0.4 is 4.74 Å². The van der Waals surface area contributed by atoms with Gasteiger partial charge in [-0.15, -0.1) is 0 Å². The fourth-order valence-electron chi connectivity index (χ4n) is 3.58. The summed E-state index contributed by atoms with van der Waals surface area (Å²) in [5.74, 6) is 1.30. The first kappa shape index (κ1) is 16.1. The molecular weight excluding hydrogens is 316 g/mol. The minimum atomic E-state index is 0.0234. The SMILES string of the molecule is O=C(c1cncc(-c2ccc3c(c2)CCO3)c1)N1CCC(CO)CC1. The highest BCUT2D eigenvalue weighted by molar-refractivity contribution is 5.95. The van der Waals surface area contributed by atoms with Crippen LogP contribution in [0.25, 0.3) is 11.1 Å². The Morgan fingerprint density at radius 2 is 2.04 bits per heavy atom. The van der Waals surface area contributed by atoms with Gasteiger partial charge in [-0.2, -0.15) is 0 Å². The quantitative estimate of drug-likeness (QED) is 0.934. The normalized spacial score (nSPS) is 17.2. The van der Waals surface area contributed by atoms with Gasteiger partial charge in [-0.05, 0) is 48.1 Å². The number of ether oxygens (including phenoxy) is 1. The molecule has 1 fully saturated rings. The van der Waals surface area contributed by atoms with Crippen molar-refractivity contribution in [2.75, 3.05) is 26.3 Å². The molecule has 5 nitrogen and oxygen atoms in total. The number of rotatable bonds is 3. The zero-order valence-corrected chi connectivity index (χ0v) is 14.1. The van der Waals surface area contributed by atoms with Gasteiger partial charge in [-0.25, -0.2) is 0 Å². The van der Waals surface area contributed by atoms with Crippen LogP contribution in [-0.2, 0) is 6.42 Å². The third-order valence-electron chi connectivity index (χ3n) is 5.17. The van der Waals surface area contributed by atoms with E-state index in [4.69, 9.17) is 4.74 Å². The molecule has 0 bridgehead atoms. The van der Waals surface area contributed by atoms with Crippen LogP contribution in [0.5, 0.6) is 5.75 Å². The number of likely N-dealkylation sites (tertiary alicyclic amines) is 1. The lowest BCUT2D eigenvalue weighted by Gasteiger charge is -2.31. The van der Waals surface area contributed by atoms with Crippen LogP contribution >= 0.6 is 0 Å². The molecule has 2 aliphatic heterocycles. The van der Waals surface area contributed by atoms with Crippen LogP contribution in [0.2, 0.25) is 0 Å². The van der Waals surface area contributed by atoms with E-state index in [9.17, 15) is 9.90 Å². The van der Waals surface area contributed by atoms with E-state index < -0.39 is 0 Å². The number of benzene rings is 1. The number of hydrogen-bond acceptors (Lipinski definition) is 4. The summed E-state index contributed by atoms with van der Waals surface area (Å²) in [5.41, 5.74) is 3.84. The van der Waals surface area contributed by atoms with Crippen LogP contribution in [0.15, 0.2) is 36.7 Å². The van der Waals surface area contributed by atoms with Gasteiger partial charge in [0, 0.05) is 44.1 Å². The third kappa shape index (κ3) is 3.24. The van der Waals surface area contributed by atoms with Crippen molar-refractivity contribution in [3.8, 4) is 16.9 Å². The maximum absolute atomic E-state index is 12.8. The predicted molar refractivity (Wildman–Crippen MR) is 94.6 cm³/mol. The van der Waals surface area contributed by atoms with Crippen molar-refractivity contribution in [3.05, 3.63) is 47.8 Å². The summed E-state index contributed by atoms with van der Waals surface area (Å²) in [6.45, 7) is 2.34. The summed E-state index contributed by atoms with van der Waals surface area (Å²) in [5, 5.41) is 9.24. The van der Waals surface area contributed by atoms with Gasteiger partial charge in [-0.1, -0.05) is 6.07 Å². The van der Waals surface area contributed by atoms with Gasteiger partial charge in [0.2, 0.25) is 0 Å². The molecule has 0 saturated carbocycles. The summed E-state index contributed by atoms with van der Waals surface area (Å²) in [4.78, 5) is 18.9. The Labute approximate surface area is 147 Å². The summed E-state index contributed by atoms with van der Waals surface area (Å²) in [7, 11) is 0. The molecule has 0 aliphatic carbocycles. The number of nitrogens with zero attached hydrogens (tertiary/aromatic N) is 2. The van der Waals surface area contributed by atoms with Gasteiger partial charge in [-0.3, -0.25) is 9.78 Å². The first-order chi connectivity index (χ1) is 12.2. The number of carbonyl (C=O) groups is 1. The second-order valence-corrected chi connectivity index (χ2v) is 6.80. The number of piperidine rings is 1. The predicted octanol–water partition coefficient (Wildman–Crippen LogP) is 2.53. The molecule has 130 valence electrons. The smallest absolute Gasteiger partial charge is 0.255 e. The lowest BCUT2D eigenvalue weighted by molar-refractivity contribution is 0.0650. The third-order valence-corrected chi connectivity index (χ3v) is 5.17. The first-order valence-electron chi connectivity index (χ1n) is 8.86. The number of aromatic nitrogens is 1. The highest BCUT2D eigenvalue weighted by Crippen LogP contribution is 2.30. The van der Waals surface area contributed by atoms with Crippen LogP contribution in [0.3, 0.4) is 0 Å². The van der Waals surface area contributed by atoms with Gasteiger partial charge in [0.25, 0.3) is 5.91 Å². The monoisotopic (exact) mass is 338 g/mol. The number of fused-ring (bicyclic) bond motifs is 1. The van der Waals surface area contributed by atoms with Crippen molar-refractivity contribution in [1.29, 1.82) is 0 Å².